The molecule has 0 bridgehead atoms. The van der Waals surface area contributed by atoms with Gasteiger partial charge < -0.3 is 14.1 Å². The van der Waals surface area contributed by atoms with Crippen molar-refractivity contribution in [3.05, 3.63) is 18.4 Å². The van der Waals surface area contributed by atoms with Crippen LogP contribution in [0.1, 0.15) is 27.2 Å². The molecule has 2 aromatic rings. The smallest absolute Gasteiger partial charge is 0.316 e. The summed E-state index contributed by atoms with van der Waals surface area (Å²) >= 11 is 1.23. The summed E-state index contributed by atoms with van der Waals surface area (Å²) in [6.07, 6.45) is 2.70. The number of rotatable bonds is 7. The first-order chi connectivity index (χ1) is 13.5. The van der Waals surface area contributed by atoms with Gasteiger partial charge in [-0.25, -0.2) is 0 Å². The Labute approximate surface area is 168 Å². The largest absolute Gasteiger partial charge is 0.461 e. The predicted octanol–water partition coefficient (Wildman–Crippen LogP) is 2.70. The van der Waals surface area contributed by atoms with Crippen LogP contribution >= 0.6 is 11.8 Å². The van der Waals surface area contributed by atoms with Gasteiger partial charge in [0.2, 0.25) is 0 Å². The minimum Gasteiger partial charge on any atom is -0.461 e. The topological polar surface area (TPSA) is 90.5 Å². The fourth-order valence-corrected chi connectivity index (χ4v) is 4.33. The van der Waals surface area contributed by atoms with Gasteiger partial charge in [0, 0.05) is 19.6 Å². The summed E-state index contributed by atoms with van der Waals surface area (Å²) in [5, 5.41) is 8.88. The van der Waals surface area contributed by atoms with E-state index in [1.165, 1.54) is 11.8 Å². The molecule has 1 saturated heterocycles. The molecule has 28 heavy (non-hydrogen) atoms. The molecule has 8 nitrogen and oxygen atoms in total. The molecule has 1 aliphatic rings. The quantitative estimate of drug-likeness (QED) is 0.516. The molecule has 3 heterocycles. The van der Waals surface area contributed by atoms with Gasteiger partial charge in [-0.1, -0.05) is 25.6 Å². The standard InChI is InChI=1S/C19H26N4O4S/c1-4-23-18(15-6-5-7-26-15)20-21-19(23)28-12-17(25)27-11-16(24)22-9-13(2)8-14(3)10-22/h5-7,13-14H,4,8-12H2,1-3H3/t13-,14-/m1/s1. The highest BCUT2D eigenvalue weighted by molar-refractivity contribution is 7.99. The van der Waals surface area contributed by atoms with Gasteiger partial charge in [-0.3, -0.25) is 14.2 Å². The van der Waals surface area contributed by atoms with Crippen molar-refractivity contribution in [2.45, 2.75) is 38.9 Å². The molecule has 152 valence electrons. The SMILES string of the molecule is CCn1c(SCC(=O)OCC(=O)N2C[C@H](C)C[C@@H](C)C2)nnc1-c1ccco1. The summed E-state index contributed by atoms with van der Waals surface area (Å²) in [6.45, 7) is 8.13. The first-order valence-electron chi connectivity index (χ1n) is 9.51. The molecule has 3 rings (SSSR count). The number of piperidine rings is 1. The third-order valence-electron chi connectivity index (χ3n) is 4.67. The molecule has 0 unspecified atom stereocenters. The lowest BCUT2D eigenvalue weighted by molar-refractivity contribution is -0.151. The predicted molar refractivity (Wildman–Crippen MR) is 105 cm³/mol. The van der Waals surface area contributed by atoms with Gasteiger partial charge in [-0.05, 0) is 37.3 Å². The average Bonchev–Trinajstić information content (AvgIpc) is 3.32. The summed E-state index contributed by atoms with van der Waals surface area (Å²) in [6, 6.07) is 3.60. The number of thioether (sulfide) groups is 1. The second kappa shape index (κ2) is 9.27. The lowest BCUT2D eigenvalue weighted by Crippen LogP contribution is -2.44. The van der Waals surface area contributed by atoms with E-state index in [9.17, 15) is 9.59 Å². The summed E-state index contributed by atoms with van der Waals surface area (Å²) < 4.78 is 12.4. The van der Waals surface area contributed by atoms with Crippen LogP contribution < -0.4 is 0 Å². The first kappa shape index (κ1) is 20.4. The summed E-state index contributed by atoms with van der Waals surface area (Å²) in [5.74, 6) is 1.68. The van der Waals surface area contributed by atoms with Crippen LogP contribution in [0.3, 0.4) is 0 Å². The molecule has 2 atom stereocenters. The van der Waals surface area contributed by atoms with Gasteiger partial charge in [0.1, 0.15) is 0 Å². The van der Waals surface area contributed by atoms with E-state index in [4.69, 9.17) is 9.15 Å². The summed E-state index contributed by atoms with van der Waals surface area (Å²) in [7, 11) is 0. The Morgan fingerprint density at radius 1 is 1.29 bits per heavy atom. The van der Waals surface area contributed by atoms with Gasteiger partial charge in [0.05, 0.1) is 12.0 Å². The Balaban J connectivity index is 1.49. The Bertz CT molecular complexity index is 795. The van der Waals surface area contributed by atoms with Crippen molar-refractivity contribution in [3.8, 4) is 11.6 Å². The third-order valence-corrected chi connectivity index (χ3v) is 5.61. The van der Waals surface area contributed by atoms with Crippen molar-refractivity contribution in [1.29, 1.82) is 0 Å². The van der Waals surface area contributed by atoms with Gasteiger partial charge in [-0.2, -0.15) is 0 Å². The maximum absolute atomic E-state index is 12.3. The van der Waals surface area contributed by atoms with E-state index in [1.807, 2.05) is 17.6 Å². The van der Waals surface area contributed by atoms with Crippen LogP contribution in [0.4, 0.5) is 0 Å². The number of hydrogen-bond donors (Lipinski definition) is 0. The maximum atomic E-state index is 12.3. The first-order valence-corrected chi connectivity index (χ1v) is 10.5. The number of esters is 1. The molecule has 0 aliphatic carbocycles. The van der Waals surface area contributed by atoms with E-state index < -0.39 is 5.97 Å². The van der Waals surface area contributed by atoms with Crippen LogP contribution in [-0.4, -0.2) is 57.0 Å². The van der Waals surface area contributed by atoms with Crippen LogP contribution in [0.15, 0.2) is 28.0 Å². The van der Waals surface area contributed by atoms with Crippen LogP contribution in [0, 0.1) is 11.8 Å². The number of furan rings is 1. The van der Waals surface area contributed by atoms with Crippen molar-refractivity contribution in [3.63, 3.8) is 0 Å². The lowest BCUT2D eigenvalue weighted by atomic mass is 9.92. The molecule has 0 aromatic carbocycles. The Hall–Kier alpha value is -2.29. The Kier molecular flexibility index (Phi) is 6.77. The zero-order chi connectivity index (χ0) is 20.1. The lowest BCUT2D eigenvalue weighted by Gasteiger charge is -2.34. The van der Waals surface area contributed by atoms with E-state index in [1.54, 1.807) is 17.2 Å². The average molecular weight is 407 g/mol. The minimum atomic E-state index is -0.443. The molecule has 1 aliphatic heterocycles. The van der Waals surface area contributed by atoms with E-state index >= 15 is 0 Å². The molecular weight excluding hydrogens is 380 g/mol. The monoisotopic (exact) mass is 406 g/mol. The van der Waals surface area contributed by atoms with E-state index in [2.05, 4.69) is 24.0 Å². The van der Waals surface area contributed by atoms with Crippen molar-refractivity contribution >= 4 is 23.6 Å². The fraction of sp³-hybridized carbons (Fsp3) is 0.579. The Morgan fingerprint density at radius 3 is 2.68 bits per heavy atom. The molecule has 9 heteroatoms. The van der Waals surface area contributed by atoms with Crippen molar-refractivity contribution in [2.24, 2.45) is 11.8 Å². The number of hydrogen-bond acceptors (Lipinski definition) is 7. The van der Waals surface area contributed by atoms with Crippen LogP contribution in [0.25, 0.3) is 11.6 Å². The molecule has 0 saturated carbocycles. The molecule has 1 fully saturated rings. The normalized spacial score (nSPS) is 19.6. The highest BCUT2D eigenvalue weighted by Crippen LogP contribution is 2.24. The minimum absolute atomic E-state index is 0.0658. The van der Waals surface area contributed by atoms with Crippen LogP contribution in [0.2, 0.25) is 0 Å². The van der Waals surface area contributed by atoms with Crippen LogP contribution in [0.5, 0.6) is 0 Å². The maximum Gasteiger partial charge on any atom is 0.316 e. The summed E-state index contributed by atoms with van der Waals surface area (Å²) in [4.78, 5) is 26.2. The fourth-order valence-electron chi connectivity index (χ4n) is 3.53. The number of aromatic nitrogens is 3. The molecule has 0 N–H and O–H groups in total. The molecule has 0 radical (unpaired) electrons. The number of carbonyl (C=O) groups is 2. The third kappa shape index (κ3) is 4.95. The number of carbonyl (C=O) groups excluding carboxylic acids is 2. The van der Waals surface area contributed by atoms with Crippen molar-refractivity contribution in [2.75, 3.05) is 25.4 Å². The van der Waals surface area contributed by atoms with Crippen molar-refractivity contribution in [1.82, 2.24) is 19.7 Å². The number of ether oxygens (including phenoxy) is 1. The molecule has 0 spiro atoms. The molecular formula is C19H26N4O4S. The van der Waals surface area contributed by atoms with E-state index in [0.717, 1.165) is 19.5 Å². The number of nitrogens with zero attached hydrogens (tertiary/aromatic N) is 4. The van der Waals surface area contributed by atoms with E-state index in [-0.39, 0.29) is 18.3 Å². The molecule has 2 aromatic heterocycles. The van der Waals surface area contributed by atoms with Gasteiger partial charge in [-0.15, -0.1) is 10.2 Å². The zero-order valence-electron chi connectivity index (χ0n) is 16.5. The van der Waals surface area contributed by atoms with Crippen molar-refractivity contribution < 1.29 is 18.7 Å². The van der Waals surface area contributed by atoms with Gasteiger partial charge in [0.15, 0.2) is 23.3 Å². The highest BCUT2D eigenvalue weighted by Gasteiger charge is 2.26. The second-order valence-corrected chi connectivity index (χ2v) is 8.16. The molecule has 1 amide bonds. The van der Waals surface area contributed by atoms with Gasteiger partial charge in [0.25, 0.3) is 5.91 Å². The highest BCUT2D eigenvalue weighted by atomic mass is 32.2. The zero-order valence-corrected chi connectivity index (χ0v) is 17.3. The second-order valence-electron chi connectivity index (χ2n) is 7.22. The van der Waals surface area contributed by atoms with Crippen LogP contribution in [-0.2, 0) is 20.9 Å². The van der Waals surface area contributed by atoms with E-state index in [0.29, 0.717) is 35.1 Å². The number of amides is 1. The van der Waals surface area contributed by atoms with Gasteiger partial charge >= 0.3 is 5.97 Å². The Morgan fingerprint density at radius 2 is 2.04 bits per heavy atom. The summed E-state index contributed by atoms with van der Waals surface area (Å²) in [5.41, 5.74) is 0. The number of likely N-dealkylation sites (tertiary alicyclic amines) is 1.